The van der Waals surface area contributed by atoms with Crippen molar-refractivity contribution in [2.75, 3.05) is 31.0 Å². The number of amides is 2. The fourth-order valence-electron chi connectivity index (χ4n) is 2.11. The van der Waals surface area contributed by atoms with E-state index in [9.17, 15) is 9.90 Å². The van der Waals surface area contributed by atoms with E-state index >= 15 is 0 Å². The van der Waals surface area contributed by atoms with Crippen LogP contribution in [0.1, 0.15) is 0 Å². The van der Waals surface area contributed by atoms with Crippen molar-refractivity contribution in [2.45, 2.75) is 0 Å². The lowest BCUT2D eigenvalue weighted by Crippen LogP contribution is -2.26. The van der Waals surface area contributed by atoms with Gasteiger partial charge in [0.15, 0.2) is 17.2 Å². The topological polar surface area (TPSA) is 80.3 Å². The summed E-state index contributed by atoms with van der Waals surface area (Å²) in [5, 5.41) is 12.7. The minimum absolute atomic E-state index is 0.0995. The molecular formula is C16H17BrN2O5S. The first-order valence-corrected chi connectivity index (χ1v) is 8.19. The lowest BCUT2D eigenvalue weighted by atomic mass is 10.2. The number of phenolic OH excluding ortho intramolecular Hbond substituents is 1. The molecule has 25 heavy (non-hydrogen) atoms. The van der Waals surface area contributed by atoms with Crippen LogP contribution >= 0.6 is 28.7 Å². The Morgan fingerprint density at radius 1 is 1.16 bits per heavy atom. The highest BCUT2D eigenvalue weighted by atomic mass is 79.9. The molecular weight excluding hydrogens is 412 g/mol. The van der Waals surface area contributed by atoms with Crippen LogP contribution in [0.2, 0.25) is 0 Å². The summed E-state index contributed by atoms with van der Waals surface area (Å²) in [6, 6.07) is 7.48. The highest BCUT2D eigenvalue weighted by Crippen LogP contribution is 2.40. The van der Waals surface area contributed by atoms with Crippen LogP contribution in [0.3, 0.4) is 0 Å². The van der Waals surface area contributed by atoms with Gasteiger partial charge >= 0.3 is 6.03 Å². The number of anilines is 2. The van der Waals surface area contributed by atoms with Crippen molar-refractivity contribution in [3.05, 3.63) is 34.8 Å². The third-order valence-corrected chi connectivity index (χ3v) is 4.34. The molecule has 2 amide bonds. The Kier molecular flexibility index (Phi) is 6.27. The number of halogens is 1. The first kappa shape index (κ1) is 19.1. The van der Waals surface area contributed by atoms with Gasteiger partial charge < -0.3 is 24.6 Å². The summed E-state index contributed by atoms with van der Waals surface area (Å²) in [4.78, 5) is 12.4. The van der Waals surface area contributed by atoms with E-state index < -0.39 is 6.03 Å². The zero-order chi connectivity index (χ0) is 18.6. The summed E-state index contributed by atoms with van der Waals surface area (Å²) in [6.45, 7) is 0. The molecule has 7 nitrogen and oxygen atoms in total. The van der Waals surface area contributed by atoms with Crippen LogP contribution in [0.25, 0.3) is 0 Å². The second-order valence-electron chi connectivity index (χ2n) is 4.76. The monoisotopic (exact) mass is 428 g/mol. The van der Waals surface area contributed by atoms with Crippen molar-refractivity contribution in [3.8, 4) is 23.0 Å². The van der Waals surface area contributed by atoms with Crippen LogP contribution in [-0.2, 0) is 0 Å². The number of para-hydroxylation sites is 1. The van der Waals surface area contributed by atoms with E-state index in [1.54, 1.807) is 30.3 Å². The fraction of sp³-hybridized carbons (Fsp3) is 0.188. The number of thiol groups is 1. The summed E-state index contributed by atoms with van der Waals surface area (Å²) in [7, 11) is 4.45. The molecule has 0 aromatic heterocycles. The minimum Gasteiger partial charge on any atom is -0.505 e. The van der Waals surface area contributed by atoms with E-state index in [4.69, 9.17) is 14.2 Å². The molecule has 134 valence electrons. The maximum absolute atomic E-state index is 12.4. The van der Waals surface area contributed by atoms with Crippen LogP contribution in [0.4, 0.5) is 16.2 Å². The molecule has 0 radical (unpaired) electrons. The third-order valence-electron chi connectivity index (χ3n) is 3.30. The van der Waals surface area contributed by atoms with Crippen molar-refractivity contribution >= 4 is 46.2 Å². The maximum atomic E-state index is 12.4. The number of rotatable bonds is 5. The number of hydrogen-bond acceptors (Lipinski definition) is 6. The molecule has 9 heteroatoms. The van der Waals surface area contributed by atoms with Gasteiger partial charge in [0.25, 0.3) is 0 Å². The molecule has 0 aliphatic rings. The van der Waals surface area contributed by atoms with Gasteiger partial charge in [0, 0.05) is 12.1 Å². The van der Waals surface area contributed by atoms with Gasteiger partial charge in [-0.25, -0.2) is 9.10 Å². The summed E-state index contributed by atoms with van der Waals surface area (Å²) >= 11 is 7.35. The van der Waals surface area contributed by atoms with Crippen molar-refractivity contribution in [1.29, 1.82) is 0 Å². The lowest BCUT2D eigenvalue weighted by Gasteiger charge is -2.19. The van der Waals surface area contributed by atoms with Gasteiger partial charge in [0.05, 0.1) is 37.2 Å². The number of nitrogens with one attached hydrogen (secondary N) is 1. The van der Waals surface area contributed by atoms with Gasteiger partial charge in [-0.3, -0.25) is 0 Å². The van der Waals surface area contributed by atoms with Crippen molar-refractivity contribution in [3.63, 3.8) is 0 Å². The van der Waals surface area contributed by atoms with Crippen LogP contribution in [0.5, 0.6) is 23.0 Å². The number of nitrogens with zero attached hydrogens (tertiary/aromatic N) is 1. The number of carbonyl (C=O) groups excluding carboxylic acids is 1. The van der Waals surface area contributed by atoms with E-state index in [0.29, 0.717) is 27.4 Å². The molecule has 0 aliphatic heterocycles. The lowest BCUT2D eigenvalue weighted by molar-refractivity contribution is 0.260. The Morgan fingerprint density at radius 3 is 2.28 bits per heavy atom. The molecule has 0 heterocycles. The molecule has 0 saturated heterocycles. The Labute approximate surface area is 159 Å². The molecule has 0 spiro atoms. The molecule has 0 aliphatic carbocycles. The molecule has 0 unspecified atom stereocenters. The van der Waals surface area contributed by atoms with Crippen molar-refractivity contribution < 1.29 is 24.1 Å². The Hall–Kier alpha value is -2.26. The Balaban J connectivity index is 2.29. The first-order chi connectivity index (χ1) is 11.9. The minimum atomic E-state index is -0.578. The summed E-state index contributed by atoms with van der Waals surface area (Å²) in [6.07, 6.45) is 0. The third kappa shape index (κ3) is 4.05. The average molecular weight is 429 g/mol. The smallest absolute Gasteiger partial charge is 0.336 e. The highest BCUT2D eigenvalue weighted by Gasteiger charge is 2.19. The van der Waals surface area contributed by atoms with Crippen LogP contribution in [0, 0.1) is 0 Å². The van der Waals surface area contributed by atoms with Crippen molar-refractivity contribution in [1.82, 2.24) is 0 Å². The average Bonchev–Trinajstić information content (AvgIpc) is 2.62. The number of carbonyl (C=O) groups is 1. The molecule has 2 rings (SSSR count). The Morgan fingerprint density at radius 2 is 1.76 bits per heavy atom. The normalized spacial score (nSPS) is 10.1. The number of phenols is 1. The molecule has 0 bridgehead atoms. The number of aromatic hydroxyl groups is 1. The van der Waals surface area contributed by atoms with E-state index in [-0.39, 0.29) is 11.4 Å². The van der Waals surface area contributed by atoms with E-state index in [1.165, 1.54) is 21.3 Å². The molecule has 0 fully saturated rings. The summed E-state index contributed by atoms with van der Waals surface area (Å²) in [5.41, 5.74) is 0.635. The predicted octanol–water partition coefficient (Wildman–Crippen LogP) is 4.06. The van der Waals surface area contributed by atoms with Gasteiger partial charge in [0.1, 0.15) is 0 Å². The Bertz CT molecular complexity index is 762. The van der Waals surface area contributed by atoms with Crippen LogP contribution < -0.4 is 23.8 Å². The van der Waals surface area contributed by atoms with Crippen LogP contribution in [0.15, 0.2) is 34.8 Å². The zero-order valence-electron chi connectivity index (χ0n) is 13.7. The zero-order valence-corrected chi connectivity index (χ0v) is 16.2. The van der Waals surface area contributed by atoms with Gasteiger partial charge in [-0.15, -0.1) is 0 Å². The first-order valence-electron chi connectivity index (χ1n) is 7.00. The van der Waals surface area contributed by atoms with E-state index in [0.717, 1.165) is 4.31 Å². The quantitative estimate of drug-likeness (QED) is 0.625. The molecule has 0 atom stereocenters. The maximum Gasteiger partial charge on any atom is 0.336 e. The number of hydrogen-bond donors (Lipinski definition) is 3. The molecule has 0 saturated carbocycles. The van der Waals surface area contributed by atoms with Gasteiger partial charge in [-0.1, -0.05) is 18.9 Å². The number of ether oxygens (including phenoxy) is 3. The second-order valence-corrected chi connectivity index (χ2v) is 6.02. The van der Waals surface area contributed by atoms with Crippen LogP contribution in [-0.4, -0.2) is 32.5 Å². The fourth-order valence-corrected chi connectivity index (χ4v) is 2.68. The SMILES string of the molecule is COc1cc(NC(=O)N(S)c2cccc(Br)c2O)cc(OC)c1OC. The number of benzene rings is 2. The largest absolute Gasteiger partial charge is 0.505 e. The molecule has 2 N–H and O–H groups in total. The predicted molar refractivity (Wildman–Crippen MR) is 102 cm³/mol. The van der Waals surface area contributed by atoms with Gasteiger partial charge in [-0.05, 0) is 28.1 Å². The summed E-state index contributed by atoms with van der Waals surface area (Å²) < 4.78 is 17.2. The molecule has 2 aromatic carbocycles. The molecule has 2 aromatic rings. The van der Waals surface area contributed by atoms with Crippen molar-refractivity contribution in [2.24, 2.45) is 0 Å². The second kappa shape index (κ2) is 8.21. The number of methoxy groups -OCH3 is 3. The highest BCUT2D eigenvalue weighted by molar-refractivity contribution is 9.10. The van der Waals surface area contributed by atoms with E-state index in [1.807, 2.05) is 0 Å². The van der Waals surface area contributed by atoms with Gasteiger partial charge in [-0.2, -0.15) is 0 Å². The van der Waals surface area contributed by atoms with E-state index in [2.05, 4.69) is 34.1 Å². The number of urea groups is 1. The summed E-state index contributed by atoms with van der Waals surface area (Å²) in [5.74, 6) is 1.11. The standard InChI is InChI=1S/C16H17BrN2O5S/c1-22-12-7-9(8-13(23-2)15(12)24-3)18-16(21)19(25)11-6-4-5-10(17)14(11)20/h4-8,20,25H,1-3H3,(H,18,21). The van der Waals surface area contributed by atoms with Gasteiger partial charge in [0.2, 0.25) is 5.75 Å².